The summed E-state index contributed by atoms with van der Waals surface area (Å²) in [6.07, 6.45) is 0. The van der Waals surface area contributed by atoms with Gasteiger partial charge in [-0.1, -0.05) is 0 Å². The number of hydrogen-bond donors (Lipinski definition) is 0. The van der Waals surface area contributed by atoms with Crippen LogP contribution in [0.2, 0.25) is 0 Å². The van der Waals surface area contributed by atoms with Gasteiger partial charge >= 0.3 is 0 Å². The summed E-state index contributed by atoms with van der Waals surface area (Å²) in [5.74, 6) is 0. The van der Waals surface area contributed by atoms with E-state index in [2.05, 4.69) is 75.5 Å². The Kier molecular flexibility index (Phi) is 9.87. The molecule has 2 aromatic rings. The van der Waals surface area contributed by atoms with E-state index >= 15 is 0 Å². The van der Waals surface area contributed by atoms with Gasteiger partial charge in [0.05, 0.1) is 0 Å². The molecule has 0 saturated heterocycles. The van der Waals surface area contributed by atoms with Gasteiger partial charge in [-0.25, -0.2) is 6.07 Å². The van der Waals surface area contributed by atoms with E-state index < -0.39 is 0 Å². The maximum absolute atomic E-state index is 3.39. The van der Waals surface area contributed by atoms with Crippen molar-refractivity contribution < 1.29 is 17.1 Å². The summed E-state index contributed by atoms with van der Waals surface area (Å²) in [5.41, 5.74) is 1.24. The zero-order chi connectivity index (χ0) is 11.3. The average molecular weight is 513 g/mol. The Bertz CT molecular complexity index is 383. The van der Waals surface area contributed by atoms with Gasteiger partial charge < -0.3 is 44.7 Å². The second kappa shape index (κ2) is 9.18. The van der Waals surface area contributed by atoms with Gasteiger partial charge in [-0.2, -0.15) is 49.1 Å². The monoisotopic (exact) mass is 510 g/mol. The van der Waals surface area contributed by atoms with Crippen LogP contribution in [0.4, 0.5) is 0 Å². The minimum atomic E-state index is 0. The van der Waals surface area contributed by atoms with Crippen molar-refractivity contribution in [1.29, 1.82) is 0 Å². The van der Waals surface area contributed by atoms with Gasteiger partial charge in [-0.05, 0) is 0 Å². The van der Waals surface area contributed by atoms with Gasteiger partial charge in [0.2, 0.25) is 0 Å². The molecule has 0 N–H and O–H groups in total. The van der Waals surface area contributed by atoms with Gasteiger partial charge in [0, 0.05) is 17.1 Å². The van der Waals surface area contributed by atoms with Crippen LogP contribution in [0.1, 0.15) is 0 Å². The zero-order valence-electron chi connectivity index (χ0n) is 7.98. The van der Waals surface area contributed by atoms with Crippen LogP contribution in [0, 0.1) is 0 Å². The summed E-state index contributed by atoms with van der Waals surface area (Å²) in [6, 6.07) is 14.1. The predicted molar refractivity (Wildman–Crippen MR) is 82.7 cm³/mol. The summed E-state index contributed by atoms with van der Waals surface area (Å²) in [4.78, 5) is 0. The first kappa shape index (κ1) is 17.2. The van der Waals surface area contributed by atoms with Crippen LogP contribution in [0.15, 0.2) is 51.4 Å². The van der Waals surface area contributed by atoms with Gasteiger partial charge in [0.1, 0.15) is 0 Å². The Balaban J connectivity index is 0.000000283. The molecule has 0 radical (unpaired) electrons. The second-order valence-electron chi connectivity index (χ2n) is 2.77. The molecule has 0 heterocycles. The summed E-state index contributed by atoms with van der Waals surface area (Å²) in [7, 11) is 0. The molecular formula is C10H7BBr4Fe-6. The number of hydrogen-bond acceptors (Lipinski definition) is 0. The van der Waals surface area contributed by atoms with Crippen LogP contribution in [-0.2, 0) is 17.1 Å². The molecule has 16 heavy (non-hydrogen) atoms. The molecule has 0 amide bonds. The van der Waals surface area contributed by atoms with Crippen molar-refractivity contribution in [1.82, 2.24) is 0 Å². The van der Waals surface area contributed by atoms with Gasteiger partial charge in [0.25, 0.3) is 4.36 Å². The van der Waals surface area contributed by atoms with E-state index in [1.54, 1.807) is 0 Å². The third kappa shape index (κ3) is 6.82. The maximum Gasteiger partial charge on any atom is 0.266 e. The first-order chi connectivity index (χ1) is 7.09. The van der Waals surface area contributed by atoms with Crippen LogP contribution in [-0.4, -0.2) is 4.36 Å². The van der Waals surface area contributed by atoms with Crippen molar-refractivity contribution in [3.63, 3.8) is 0 Å². The first-order valence-corrected chi connectivity index (χ1v) is 7.59. The van der Waals surface area contributed by atoms with Gasteiger partial charge in [0.15, 0.2) is 0 Å². The first-order valence-electron chi connectivity index (χ1n) is 4.17. The summed E-state index contributed by atoms with van der Waals surface area (Å²) < 4.78 is 2.56. The quantitative estimate of drug-likeness (QED) is 0.379. The Labute approximate surface area is 140 Å². The van der Waals surface area contributed by atoms with E-state index in [4.69, 9.17) is 0 Å². The third-order valence-electron chi connectivity index (χ3n) is 1.61. The molecular weight excluding hydrogens is 506 g/mol. The van der Waals surface area contributed by atoms with Crippen molar-refractivity contribution >= 4 is 73.2 Å². The average Bonchev–Trinajstić information content (AvgIpc) is 2.77. The molecule has 0 spiro atoms. The number of rotatable bonds is 1. The Morgan fingerprint density at radius 3 is 1.94 bits per heavy atom. The fourth-order valence-corrected chi connectivity index (χ4v) is 2.19. The van der Waals surface area contributed by atoms with Crippen molar-refractivity contribution in [2.45, 2.75) is 0 Å². The van der Waals surface area contributed by atoms with Crippen LogP contribution >= 0.6 is 63.4 Å². The minimum Gasteiger partial charge on any atom is -0.747 e. The molecule has 0 aliphatic rings. The van der Waals surface area contributed by atoms with Crippen LogP contribution in [0.25, 0.3) is 0 Å². The van der Waals surface area contributed by atoms with E-state index in [-0.39, 0.29) is 21.4 Å². The van der Waals surface area contributed by atoms with Gasteiger partial charge in [-0.3, -0.25) is 0 Å². The topological polar surface area (TPSA) is 0 Å². The smallest absolute Gasteiger partial charge is 0.266 e. The SMILES string of the molecule is BrB(Br)[c-]1ccc(Br)c1.Br[c-]1[cH-][cH-][cH-][cH-]1.[Fe]. The molecule has 0 saturated carbocycles. The molecule has 0 atom stereocenters. The predicted octanol–water partition coefficient (Wildman–Crippen LogP) is 4.82. The molecule has 2 rings (SSSR count). The third-order valence-corrected chi connectivity index (χ3v) is 3.69. The molecule has 0 bridgehead atoms. The largest absolute Gasteiger partial charge is 0.747 e. The second-order valence-corrected chi connectivity index (χ2v) is 7.66. The maximum atomic E-state index is 3.39. The fraction of sp³-hybridized carbons (Fsp3) is 0. The summed E-state index contributed by atoms with van der Waals surface area (Å²) >= 11 is 13.4. The molecule has 0 aromatic heterocycles. The zero-order valence-corrected chi connectivity index (χ0v) is 15.4. The minimum absolute atomic E-state index is 0. The van der Waals surface area contributed by atoms with Crippen molar-refractivity contribution in [2.24, 2.45) is 0 Å². The van der Waals surface area contributed by atoms with Crippen molar-refractivity contribution in [3.8, 4) is 0 Å². The molecule has 0 aliphatic carbocycles. The molecule has 0 nitrogen and oxygen atoms in total. The van der Waals surface area contributed by atoms with Crippen LogP contribution in [0.3, 0.4) is 0 Å². The normalized spacial score (nSPS) is 8.75. The van der Waals surface area contributed by atoms with E-state index in [1.165, 1.54) is 5.46 Å². The molecule has 0 unspecified atom stereocenters. The molecule has 2 aromatic carbocycles. The Morgan fingerprint density at radius 1 is 1.19 bits per heavy atom. The van der Waals surface area contributed by atoms with E-state index in [1.807, 2.05) is 30.3 Å². The summed E-state index contributed by atoms with van der Waals surface area (Å²) in [6.45, 7) is 0. The van der Waals surface area contributed by atoms with Crippen molar-refractivity contribution in [3.05, 3.63) is 51.4 Å². The standard InChI is InChI=1S/C5H3BBr3.C5H4Br.Fe/c7-5-2-1-4(3-5)6(8)9;6-5-3-1-2-4-5;/h1-3H;1-4H;/q-1;-5;. The molecule has 92 valence electrons. The Hall–Kier alpha value is 1.20. The van der Waals surface area contributed by atoms with Crippen LogP contribution < -0.4 is 5.46 Å². The molecule has 0 aliphatic heterocycles. The molecule has 0 fully saturated rings. The van der Waals surface area contributed by atoms with E-state index in [0.29, 0.717) is 0 Å². The number of halogens is 4. The Morgan fingerprint density at radius 2 is 1.75 bits per heavy atom. The van der Waals surface area contributed by atoms with Crippen LogP contribution in [0.5, 0.6) is 0 Å². The van der Waals surface area contributed by atoms with Crippen molar-refractivity contribution in [2.75, 3.05) is 0 Å². The molecule has 6 heteroatoms. The summed E-state index contributed by atoms with van der Waals surface area (Å²) in [5, 5.41) is 0. The van der Waals surface area contributed by atoms with E-state index in [9.17, 15) is 0 Å². The fourth-order valence-electron chi connectivity index (χ4n) is 0.918. The van der Waals surface area contributed by atoms with Gasteiger partial charge in [-0.15, -0.1) is 20.4 Å². The van der Waals surface area contributed by atoms with E-state index in [0.717, 1.165) is 8.95 Å².